The molecule has 0 aliphatic heterocycles. The molecular formula is C11H8F6O4. The largest absolute Gasteiger partial charge is 0.525 e. The summed E-state index contributed by atoms with van der Waals surface area (Å²) in [5.41, 5.74) is 0.238. The molecule has 0 amide bonds. The SMILES string of the molecule is O=C(O)Cc1ccc(OC(F)(F)[C@@H](F)OC(F)(F)F)cc1. The second-order valence-corrected chi connectivity index (χ2v) is 3.76. The van der Waals surface area contributed by atoms with E-state index in [0.29, 0.717) is 0 Å². The lowest BCUT2D eigenvalue weighted by atomic mass is 10.1. The van der Waals surface area contributed by atoms with Gasteiger partial charge in [-0.1, -0.05) is 12.1 Å². The summed E-state index contributed by atoms with van der Waals surface area (Å²) in [7, 11) is 0. The maximum Gasteiger partial charge on any atom is 0.525 e. The van der Waals surface area contributed by atoms with E-state index in [4.69, 9.17) is 5.11 Å². The highest BCUT2D eigenvalue weighted by Crippen LogP contribution is 2.31. The van der Waals surface area contributed by atoms with Crippen molar-refractivity contribution in [2.24, 2.45) is 0 Å². The Kier molecular flexibility index (Phi) is 5.05. The van der Waals surface area contributed by atoms with Gasteiger partial charge >= 0.3 is 24.8 Å². The number of halogens is 6. The lowest BCUT2D eigenvalue weighted by Crippen LogP contribution is -2.41. The molecule has 4 nitrogen and oxygen atoms in total. The van der Waals surface area contributed by atoms with Crippen molar-refractivity contribution in [1.82, 2.24) is 0 Å². The van der Waals surface area contributed by atoms with Gasteiger partial charge in [-0.25, -0.2) is 9.13 Å². The summed E-state index contributed by atoms with van der Waals surface area (Å²) >= 11 is 0. The molecule has 0 radical (unpaired) electrons. The van der Waals surface area contributed by atoms with Crippen LogP contribution in [0.25, 0.3) is 0 Å². The number of hydrogen-bond donors (Lipinski definition) is 1. The number of aliphatic carboxylic acids is 1. The monoisotopic (exact) mass is 318 g/mol. The van der Waals surface area contributed by atoms with Gasteiger partial charge in [0.2, 0.25) is 0 Å². The average Bonchev–Trinajstić information content (AvgIpc) is 2.28. The Morgan fingerprint density at radius 3 is 2.10 bits per heavy atom. The third kappa shape index (κ3) is 5.90. The van der Waals surface area contributed by atoms with Crippen molar-refractivity contribution < 1.29 is 45.7 Å². The van der Waals surface area contributed by atoms with E-state index < -0.39 is 30.5 Å². The molecule has 0 heterocycles. The number of hydrogen-bond acceptors (Lipinski definition) is 3. The van der Waals surface area contributed by atoms with Crippen LogP contribution in [0.3, 0.4) is 0 Å². The predicted octanol–water partition coefficient (Wildman–Crippen LogP) is 3.12. The van der Waals surface area contributed by atoms with E-state index in [1.165, 1.54) is 0 Å². The molecule has 1 aromatic rings. The second kappa shape index (κ2) is 6.20. The molecule has 0 unspecified atom stereocenters. The van der Waals surface area contributed by atoms with E-state index in [1.54, 1.807) is 0 Å². The number of benzene rings is 1. The lowest BCUT2D eigenvalue weighted by molar-refractivity contribution is -0.411. The number of alkyl halides is 6. The van der Waals surface area contributed by atoms with Gasteiger partial charge in [0.05, 0.1) is 6.42 Å². The molecule has 0 spiro atoms. The molecule has 21 heavy (non-hydrogen) atoms. The first kappa shape index (κ1) is 17.1. The standard InChI is InChI=1S/C11H8F6O4/c12-9(21-11(15,16)17)10(13,14)20-7-3-1-6(2-4-7)5-8(18)19/h1-4,9H,5H2,(H,18,19)/t9-/m0/s1. The van der Waals surface area contributed by atoms with Crippen molar-refractivity contribution in [1.29, 1.82) is 0 Å². The Labute approximate surface area is 113 Å². The molecular weight excluding hydrogens is 310 g/mol. The smallest absolute Gasteiger partial charge is 0.481 e. The Bertz CT molecular complexity index is 484. The molecule has 0 fully saturated rings. The minimum absolute atomic E-state index is 0.238. The quantitative estimate of drug-likeness (QED) is 0.819. The first-order valence-corrected chi connectivity index (χ1v) is 5.26. The van der Waals surface area contributed by atoms with Crippen LogP contribution < -0.4 is 4.74 Å². The Morgan fingerprint density at radius 1 is 1.14 bits per heavy atom. The number of carboxylic acid groups (broad SMARTS) is 1. The van der Waals surface area contributed by atoms with Crippen molar-refractivity contribution in [3.63, 3.8) is 0 Å². The van der Waals surface area contributed by atoms with E-state index >= 15 is 0 Å². The lowest BCUT2D eigenvalue weighted by Gasteiger charge is -2.22. The van der Waals surface area contributed by atoms with Gasteiger partial charge in [0.1, 0.15) is 5.75 Å². The van der Waals surface area contributed by atoms with Crippen LogP contribution in [-0.2, 0) is 16.0 Å². The number of rotatable bonds is 6. The van der Waals surface area contributed by atoms with Gasteiger partial charge in [-0.15, -0.1) is 13.2 Å². The topological polar surface area (TPSA) is 55.8 Å². The Morgan fingerprint density at radius 2 is 1.67 bits per heavy atom. The fourth-order valence-corrected chi connectivity index (χ4v) is 1.24. The van der Waals surface area contributed by atoms with Crippen molar-refractivity contribution in [2.75, 3.05) is 0 Å². The van der Waals surface area contributed by atoms with E-state index in [9.17, 15) is 31.1 Å². The van der Waals surface area contributed by atoms with Gasteiger partial charge in [-0.05, 0) is 17.7 Å². The third-order valence-electron chi connectivity index (χ3n) is 2.03. The molecule has 0 aromatic heterocycles. The van der Waals surface area contributed by atoms with Crippen LogP contribution in [0.1, 0.15) is 5.56 Å². The average molecular weight is 318 g/mol. The molecule has 1 rings (SSSR count). The maximum atomic E-state index is 13.0. The first-order chi connectivity index (χ1) is 9.49. The molecule has 10 heteroatoms. The van der Waals surface area contributed by atoms with Gasteiger partial charge in [-0.3, -0.25) is 4.79 Å². The molecule has 118 valence electrons. The summed E-state index contributed by atoms with van der Waals surface area (Å²) in [5, 5.41) is 8.48. The van der Waals surface area contributed by atoms with Crippen molar-refractivity contribution in [3.8, 4) is 5.75 Å². The molecule has 0 saturated heterocycles. The van der Waals surface area contributed by atoms with Crippen LogP contribution in [0.4, 0.5) is 26.3 Å². The van der Waals surface area contributed by atoms with Crippen LogP contribution in [0.15, 0.2) is 24.3 Å². The van der Waals surface area contributed by atoms with Gasteiger partial charge in [-0.2, -0.15) is 8.78 Å². The summed E-state index contributed by atoms with van der Waals surface area (Å²) < 4.78 is 80.0. The van der Waals surface area contributed by atoms with Crippen LogP contribution in [0.5, 0.6) is 5.75 Å². The summed E-state index contributed by atoms with van der Waals surface area (Å²) in [5.74, 6) is -1.82. The van der Waals surface area contributed by atoms with E-state index in [0.717, 1.165) is 24.3 Å². The third-order valence-corrected chi connectivity index (χ3v) is 2.03. The number of carboxylic acids is 1. The minimum Gasteiger partial charge on any atom is -0.481 e. The molecule has 0 bridgehead atoms. The molecule has 1 N–H and O–H groups in total. The molecule has 0 aliphatic rings. The fraction of sp³-hybridized carbons (Fsp3) is 0.364. The van der Waals surface area contributed by atoms with E-state index in [-0.39, 0.29) is 12.0 Å². The Balaban J connectivity index is 2.72. The van der Waals surface area contributed by atoms with Crippen LogP contribution in [0, 0.1) is 0 Å². The number of carbonyl (C=O) groups is 1. The molecule has 1 aromatic carbocycles. The van der Waals surface area contributed by atoms with Crippen molar-refractivity contribution >= 4 is 5.97 Å². The van der Waals surface area contributed by atoms with Gasteiger partial charge in [0, 0.05) is 0 Å². The summed E-state index contributed by atoms with van der Waals surface area (Å²) in [6.07, 6.45) is -14.9. The van der Waals surface area contributed by atoms with E-state index in [1.807, 2.05) is 0 Å². The van der Waals surface area contributed by atoms with Crippen LogP contribution in [0.2, 0.25) is 0 Å². The number of ether oxygens (including phenoxy) is 2. The highest BCUT2D eigenvalue weighted by atomic mass is 19.4. The zero-order valence-corrected chi connectivity index (χ0v) is 10.0. The van der Waals surface area contributed by atoms with Crippen LogP contribution in [-0.4, -0.2) is 29.9 Å². The zero-order valence-electron chi connectivity index (χ0n) is 10.0. The fourth-order valence-electron chi connectivity index (χ4n) is 1.24. The molecule has 1 atom stereocenters. The van der Waals surface area contributed by atoms with Crippen molar-refractivity contribution in [2.45, 2.75) is 25.2 Å². The van der Waals surface area contributed by atoms with Crippen molar-refractivity contribution in [3.05, 3.63) is 29.8 Å². The molecule has 0 saturated carbocycles. The summed E-state index contributed by atoms with van der Waals surface area (Å²) in [6.45, 7) is 0. The maximum absolute atomic E-state index is 13.0. The van der Waals surface area contributed by atoms with Gasteiger partial charge in [0.15, 0.2) is 0 Å². The Hall–Kier alpha value is -1.97. The van der Waals surface area contributed by atoms with E-state index in [2.05, 4.69) is 9.47 Å². The molecule has 0 aliphatic carbocycles. The highest BCUT2D eigenvalue weighted by molar-refractivity contribution is 5.70. The summed E-state index contributed by atoms with van der Waals surface area (Å²) in [6, 6.07) is 3.92. The predicted molar refractivity (Wildman–Crippen MR) is 55.4 cm³/mol. The zero-order chi connectivity index (χ0) is 16.3. The van der Waals surface area contributed by atoms with Gasteiger partial charge in [0.25, 0.3) is 0 Å². The summed E-state index contributed by atoms with van der Waals surface area (Å²) in [4.78, 5) is 10.4. The first-order valence-electron chi connectivity index (χ1n) is 5.26. The van der Waals surface area contributed by atoms with Crippen LogP contribution >= 0.6 is 0 Å². The second-order valence-electron chi connectivity index (χ2n) is 3.76. The van der Waals surface area contributed by atoms with Gasteiger partial charge < -0.3 is 9.84 Å². The normalized spacial score (nSPS) is 13.8. The minimum atomic E-state index is -5.59. The highest BCUT2D eigenvalue weighted by Gasteiger charge is 2.50.